The highest BCUT2D eigenvalue weighted by atomic mass is 32.2. The summed E-state index contributed by atoms with van der Waals surface area (Å²) < 4.78 is 26.6. The van der Waals surface area contributed by atoms with Crippen LogP contribution in [0.5, 0.6) is 0 Å². The molecule has 2 atom stereocenters. The second-order valence-corrected chi connectivity index (χ2v) is 6.12. The van der Waals surface area contributed by atoms with Crippen molar-refractivity contribution < 1.29 is 23.1 Å². The van der Waals surface area contributed by atoms with Gasteiger partial charge in [-0.1, -0.05) is 0 Å². The molecule has 2 unspecified atom stereocenters. The van der Waals surface area contributed by atoms with Crippen molar-refractivity contribution in [1.82, 2.24) is 0 Å². The summed E-state index contributed by atoms with van der Waals surface area (Å²) in [7, 11) is -2.67. The molecule has 7 heteroatoms. The number of esters is 1. The van der Waals surface area contributed by atoms with Crippen LogP contribution in [0, 0.1) is 0 Å². The number of carbonyl (C=O) groups excluding carboxylic acids is 1. The Labute approximate surface area is 103 Å². The smallest absolute Gasteiger partial charge is 0.302 e. The number of ether oxygens (including phenoxy) is 1. The maximum atomic E-state index is 11.0. The molecular formula is C10H21NO5S. The Morgan fingerprint density at radius 2 is 2.00 bits per heavy atom. The minimum atomic E-state index is -2.67. The van der Waals surface area contributed by atoms with Gasteiger partial charge >= 0.3 is 5.97 Å². The lowest BCUT2D eigenvalue weighted by Crippen LogP contribution is -2.38. The highest BCUT2D eigenvalue weighted by Gasteiger charge is 2.24. The average molecular weight is 267 g/mol. The molecule has 0 heterocycles. The Kier molecular flexibility index (Phi) is 6.66. The van der Waals surface area contributed by atoms with Gasteiger partial charge in [-0.2, -0.15) is 0 Å². The molecule has 0 aromatic rings. The van der Waals surface area contributed by atoms with Gasteiger partial charge in [0, 0.05) is 12.5 Å². The van der Waals surface area contributed by atoms with E-state index in [2.05, 4.69) is 4.74 Å². The van der Waals surface area contributed by atoms with E-state index >= 15 is 0 Å². The van der Waals surface area contributed by atoms with Crippen molar-refractivity contribution in [2.75, 3.05) is 6.61 Å². The SMILES string of the molecule is CC(=O)OCC(O)CC(CC(C)(C)N)[SH](=O)=O. The van der Waals surface area contributed by atoms with Gasteiger partial charge in [-0.15, -0.1) is 0 Å². The minimum absolute atomic E-state index is 0.0205. The highest BCUT2D eigenvalue weighted by molar-refractivity contribution is 7.73. The largest absolute Gasteiger partial charge is 0.463 e. The fourth-order valence-corrected chi connectivity index (χ4v) is 2.48. The molecule has 0 fully saturated rings. The number of carbonyl (C=O) groups is 1. The van der Waals surface area contributed by atoms with Crippen molar-refractivity contribution >= 4 is 16.7 Å². The first kappa shape index (κ1) is 16.3. The number of rotatable bonds is 7. The van der Waals surface area contributed by atoms with E-state index in [4.69, 9.17) is 5.73 Å². The summed E-state index contributed by atoms with van der Waals surface area (Å²) in [6.07, 6.45) is -0.714. The molecule has 0 saturated carbocycles. The zero-order chi connectivity index (χ0) is 13.6. The number of aliphatic hydroxyl groups excluding tert-OH is 1. The average Bonchev–Trinajstić information content (AvgIpc) is 2.11. The molecule has 0 rings (SSSR count). The second-order valence-electron chi connectivity index (χ2n) is 4.82. The second kappa shape index (κ2) is 6.93. The van der Waals surface area contributed by atoms with Gasteiger partial charge in [0.15, 0.2) is 0 Å². The summed E-state index contributed by atoms with van der Waals surface area (Å²) in [5.41, 5.74) is 5.11. The summed E-state index contributed by atoms with van der Waals surface area (Å²) in [5, 5.41) is 8.82. The molecule has 0 bridgehead atoms. The normalized spacial score (nSPS) is 15.6. The molecule has 0 aromatic heterocycles. The fraction of sp³-hybridized carbons (Fsp3) is 0.900. The molecule has 0 aliphatic carbocycles. The summed E-state index contributed by atoms with van der Waals surface area (Å²) in [6, 6.07) is 0. The van der Waals surface area contributed by atoms with Crippen molar-refractivity contribution in [3.63, 3.8) is 0 Å². The summed E-state index contributed by atoms with van der Waals surface area (Å²) >= 11 is 0. The van der Waals surface area contributed by atoms with Crippen LogP contribution in [-0.4, -0.2) is 43.0 Å². The lowest BCUT2D eigenvalue weighted by atomic mass is 9.97. The molecule has 0 amide bonds. The molecule has 0 spiro atoms. The van der Waals surface area contributed by atoms with Gasteiger partial charge < -0.3 is 15.6 Å². The van der Waals surface area contributed by atoms with Crippen LogP contribution in [0.1, 0.15) is 33.6 Å². The van der Waals surface area contributed by atoms with Crippen molar-refractivity contribution in [2.45, 2.75) is 50.5 Å². The molecule has 0 aliphatic rings. The molecule has 0 aliphatic heterocycles. The lowest BCUT2D eigenvalue weighted by Gasteiger charge is -2.23. The van der Waals surface area contributed by atoms with Gasteiger partial charge in [-0.3, -0.25) is 4.79 Å². The fourth-order valence-electron chi connectivity index (χ4n) is 1.45. The van der Waals surface area contributed by atoms with Crippen LogP contribution in [0.25, 0.3) is 0 Å². The van der Waals surface area contributed by atoms with E-state index in [1.165, 1.54) is 6.92 Å². The summed E-state index contributed by atoms with van der Waals surface area (Å²) in [5.74, 6) is -0.508. The van der Waals surface area contributed by atoms with Gasteiger partial charge in [-0.25, -0.2) is 8.42 Å². The number of thiol groups is 1. The van der Waals surface area contributed by atoms with E-state index in [1.54, 1.807) is 13.8 Å². The van der Waals surface area contributed by atoms with Crippen LogP contribution in [0.15, 0.2) is 0 Å². The number of hydrogen-bond acceptors (Lipinski definition) is 6. The third-order valence-electron chi connectivity index (χ3n) is 2.08. The zero-order valence-electron chi connectivity index (χ0n) is 10.4. The van der Waals surface area contributed by atoms with Crippen molar-refractivity contribution in [2.24, 2.45) is 5.73 Å². The highest BCUT2D eigenvalue weighted by Crippen LogP contribution is 2.15. The molecule has 0 aromatic carbocycles. The molecule has 3 N–H and O–H groups in total. The van der Waals surface area contributed by atoms with E-state index in [0.717, 1.165) is 0 Å². The van der Waals surface area contributed by atoms with Crippen molar-refractivity contribution in [3.05, 3.63) is 0 Å². The molecule has 17 heavy (non-hydrogen) atoms. The molecular weight excluding hydrogens is 246 g/mol. The van der Waals surface area contributed by atoms with E-state index in [0.29, 0.717) is 0 Å². The third kappa shape index (κ3) is 9.08. The Balaban J connectivity index is 4.30. The van der Waals surface area contributed by atoms with E-state index in [9.17, 15) is 18.3 Å². The number of aliphatic hydroxyl groups is 1. The van der Waals surface area contributed by atoms with Crippen LogP contribution >= 0.6 is 0 Å². The maximum Gasteiger partial charge on any atom is 0.302 e. The Morgan fingerprint density at radius 1 is 1.47 bits per heavy atom. The molecule has 0 radical (unpaired) electrons. The predicted molar refractivity (Wildman–Crippen MR) is 64.2 cm³/mol. The summed E-state index contributed by atoms with van der Waals surface area (Å²) in [6.45, 7) is 4.47. The van der Waals surface area contributed by atoms with Gasteiger partial charge in [0.2, 0.25) is 0 Å². The van der Waals surface area contributed by atoms with Crippen LogP contribution in [0.3, 0.4) is 0 Å². The Morgan fingerprint density at radius 3 is 2.35 bits per heavy atom. The first-order valence-electron chi connectivity index (χ1n) is 5.35. The van der Waals surface area contributed by atoms with E-state index in [1.807, 2.05) is 0 Å². The Hall–Kier alpha value is -0.660. The first-order chi connectivity index (χ1) is 7.61. The first-order valence-corrected chi connectivity index (χ1v) is 6.60. The summed E-state index contributed by atoms with van der Waals surface area (Å²) in [4.78, 5) is 10.5. The lowest BCUT2D eigenvalue weighted by molar-refractivity contribution is -0.144. The van der Waals surface area contributed by atoms with Crippen LogP contribution < -0.4 is 5.73 Å². The van der Waals surface area contributed by atoms with Crippen LogP contribution in [0.4, 0.5) is 0 Å². The van der Waals surface area contributed by atoms with Crippen LogP contribution in [-0.2, 0) is 20.2 Å². The number of nitrogens with two attached hydrogens (primary N) is 1. The van der Waals surface area contributed by atoms with Gasteiger partial charge in [-0.05, 0) is 26.7 Å². The quantitative estimate of drug-likeness (QED) is 0.420. The predicted octanol–water partition coefficient (Wildman–Crippen LogP) is -0.592. The topological polar surface area (TPSA) is 107 Å². The molecule has 6 nitrogen and oxygen atoms in total. The number of hydrogen-bond donors (Lipinski definition) is 3. The van der Waals surface area contributed by atoms with Crippen LogP contribution in [0.2, 0.25) is 0 Å². The van der Waals surface area contributed by atoms with Gasteiger partial charge in [0.1, 0.15) is 17.3 Å². The van der Waals surface area contributed by atoms with Crippen molar-refractivity contribution in [3.8, 4) is 0 Å². The molecule has 102 valence electrons. The Bertz CT molecular complexity index is 313. The zero-order valence-corrected chi connectivity index (χ0v) is 11.3. The third-order valence-corrected chi connectivity index (χ3v) is 3.07. The van der Waals surface area contributed by atoms with Crippen molar-refractivity contribution in [1.29, 1.82) is 0 Å². The maximum absolute atomic E-state index is 11.0. The van der Waals surface area contributed by atoms with E-state index in [-0.39, 0.29) is 19.4 Å². The standard InChI is InChI=1S/C10H21NO5S/c1-7(12)16-6-8(13)4-9(17(14)15)5-10(2,3)11/h8-9,13,17H,4-6,11H2,1-3H3. The monoisotopic (exact) mass is 267 g/mol. The molecule has 0 saturated heterocycles. The van der Waals surface area contributed by atoms with E-state index < -0.39 is 33.6 Å². The minimum Gasteiger partial charge on any atom is -0.463 e. The van der Waals surface area contributed by atoms with Gasteiger partial charge in [0.05, 0.1) is 11.4 Å². The van der Waals surface area contributed by atoms with Gasteiger partial charge in [0.25, 0.3) is 0 Å².